The van der Waals surface area contributed by atoms with E-state index >= 15 is 0 Å². The maximum Gasteiger partial charge on any atom is 0.315 e. The van der Waals surface area contributed by atoms with Gasteiger partial charge in [-0.05, 0) is 12.3 Å². The first-order valence-electron chi connectivity index (χ1n) is 5.76. The molecule has 3 N–H and O–H groups in total. The number of rotatable bonds is 7. The van der Waals surface area contributed by atoms with Gasteiger partial charge in [-0.25, -0.2) is 4.79 Å². The lowest BCUT2D eigenvalue weighted by Crippen LogP contribution is -2.42. The van der Waals surface area contributed by atoms with E-state index in [1.54, 1.807) is 14.1 Å². The molecule has 0 aromatic rings. The number of nitrogens with one attached hydrogen (secondary N) is 2. The van der Waals surface area contributed by atoms with Crippen LogP contribution < -0.4 is 10.6 Å². The number of amides is 3. The quantitative estimate of drug-likeness (QED) is 0.593. The van der Waals surface area contributed by atoms with E-state index in [1.807, 2.05) is 6.92 Å². The summed E-state index contributed by atoms with van der Waals surface area (Å²) in [6, 6.07) is -0.424. The molecule has 0 aliphatic rings. The van der Waals surface area contributed by atoms with E-state index in [4.69, 9.17) is 5.11 Å². The van der Waals surface area contributed by atoms with Crippen LogP contribution in [0.3, 0.4) is 0 Å². The van der Waals surface area contributed by atoms with Crippen LogP contribution in [0.15, 0.2) is 0 Å². The fraction of sp³-hybridized carbons (Fsp3) is 0.727. The third-order valence-electron chi connectivity index (χ3n) is 2.36. The zero-order chi connectivity index (χ0) is 14.1. The first-order chi connectivity index (χ1) is 8.32. The highest BCUT2D eigenvalue weighted by molar-refractivity contribution is 5.83. The first kappa shape index (κ1) is 16.2. The van der Waals surface area contributed by atoms with Gasteiger partial charge in [-0.2, -0.15) is 0 Å². The molecule has 0 rings (SSSR count). The summed E-state index contributed by atoms with van der Waals surface area (Å²) in [5.41, 5.74) is 0. The molecule has 1 unspecified atom stereocenters. The fourth-order valence-electron chi connectivity index (χ4n) is 1.12. The molecule has 18 heavy (non-hydrogen) atoms. The molecule has 0 radical (unpaired) electrons. The van der Waals surface area contributed by atoms with E-state index in [0.29, 0.717) is 13.0 Å². The van der Waals surface area contributed by atoms with Gasteiger partial charge in [0, 0.05) is 27.1 Å². The smallest absolute Gasteiger partial charge is 0.315 e. The van der Waals surface area contributed by atoms with Crippen molar-refractivity contribution < 1.29 is 19.5 Å². The van der Waals surface area contributed by atoms with Gasteiger partial charge >= 0.3 is 12.0 Å². The molecule has 0 saturated carbocycles. The minimum absolute atomic E-state index is 0.0532. The summed E-state index contributed by atoms with van der Waals surface area (Å²) in [5, 5.41) is 13.5. The Bertz CT molecular complexity index is 305. The maximum absolute atomic E-state index is 11.3. The first-order valence-corrected chi connectivity index (χ1v) is 5.76. The second-order valence-corrected chi connectivity index (χ2v) is 4.39. The molecule has 0 heterocycles. The number of carboxylic acids is 1. The predicted molar refractivity (Wildman–Crippen MR) is 66.1 cm³/mol. The van der Waals surface area contributed by atoms with Crippen molar-refractivity contribution in [3.8, 4) is 0 Å². The van der Waals surface area contributed by atoms with E-state index in [2.05, 4.69) is 10.6 Å². The Kier molecular flexibility index (Phi) is 7.50. The molecule has 0 aliphatic heterocycles. The van der Waals surface area contributed by atoms with Crippen molar-refractivity contribution in [1.82, 2.24) is 15.5 Å². The second-order valence-electron chi connectivity index (χ2n) is 4.39. The van der Waals surface area contributed by atoms with Crippen molar-refractivity contribution in [1.29, 1.82) is 0 Å². The number of carbonyl (C=O) groups is 3. The number of urea groups is 1. The number of hydrogen-bond donors (Lipinski definition) is 3. The standard InChI is InChI=1S/C11H21N3O4/c1-8(4-5-10(16)17)6-12-11(18)13-7-9(15)14(2)3/h8H,4-7H2,1-3H3,(H,16,17)(H2,12,13,18). The third kappa shape index (κ3) is 8.37. The van der Waals surface area contributed by atoms with Gasteiger partial charge in [0.05, 0.1) is 6.54 Å². The zero-order valence-corrected chi connectivity index (χ0v) is 11.0. The third-order valence-corrected chi connectivity index (χ3v) is 2.36. The summed E-state index contributed by atoms with van der Waals surface area (Å²) in [4.78, 5) is 34.2. The van der Waals surface area contributed by atoms with E-state index in [0.717, 1.165) is 0 Å². The fourth-order valence-corrected chi connectivity index (χ4v) is 1.12. The molecule has 0 fully saturated rings. The van der Waals surface area contributed by atoms with Gasteiger partial charge in [0.15, 0.2) is 0 Å². The summed E-state index contributed by atoms with van der Waals surface area (Å²) in [6.45, 7) is 2.19. The van der Waals surface area contributed by atoms with Crippen LogP contribution in [0.1, 0.15) is 19.8 Å². The van der Waals surface area contributed by atoms with E-state index in [9.17, 15) is 14.4 Å². The van der Waals surface area contributed by atoms with Gasteiger partial charge in [-0.1, -0.05) is 6.92 Å². The lowest BCUT2D eigenvalue weighted by molar-refractivity contribution is -0.137. The van der Waals surface area contributed by atoms with Crippen LogP contribution in [-0.4, -0.2) is 55.1 Å². The molecule has 0 aliphatic carbocycles. The second kappa shape index (κ2) is 8.32. The summed E-state index contributed by atoms with van der Waals surface area (Å²) < 4.78 is 0. The lowest BCUT2D eigenvalue weighted by Gasteiger charge is -2.13. The zero-order valence-electron chi connectivity index (χ0n) is 11.0. The molecule has 3 amide bonds. The lowest BCUT2D eigenvalue weighted by atomic mass is 10.1. The monoisotopic (exact) mass is 259 g/mol. The van der Waals surface area contributed by atoms with Crippen molar-refractivity contribution in [2.24, 2.45) is 5.92 Å². The Morgan fingerprint density at radius 2 is 1.83 bits per heavy atom. The van der Waals surface area contributed by atoms with Gasteiger partial charge in [0.2, 0.25) is 5.91 Å². The molecule has 0 saturated heterocycles. The molecule has 7 heteroatoms. The Balaban J connectivity index is 3.70. The van der Waals surface area contributed by atoms with Crippen LogP contribution in [0.2, 0.25) is 0 Å². The Hall–Kier alpha value is -1.79. The average molecular weight is 259 g/mol. The van der Waals surface area contributed by atoms with Gasteiger partial charge in [0.25, 0.3) is 0 Å². The van der Waals surface area contributed by atoms with Crippen molar-refractivity contribution in [3.05, 3.63) is 0 Å². The molecule has 0 spiro atoms. The van der Waals surface area contributed by atoms with Crippen LogP contribution in [-0.2, 0) is 9.59 Å². The SMILES string of the molecule is CC(CCC(=O)O)CNC(=O)NCC(=O)N(C)C. The summed E-state index contributed by atoms with van der Waals surface area (Å²) in [7, 11) is 3.21. The average Bonchev–Trinajstić information content (AvgIpc) is 2.30. The summed E-state index contributed by atoms with van der Waals surface area (Å²) in [5.74, 6) is -0.955. The van der Waals surface area contributed by atoms with Gasteiger partial charge in [0.1, 0.15) is 0 Å². The molecule has 104 valence electrons. The number of likely N-dealkylation sites (N-methyl/N-ethyl adjacent to an activating group) is 1. The Morgan fingerprint density at radius 3 is 2.33 bits per heavy atom. The number of aliphatic carboxylic acids is 1. The normalized spacial score (nSPS) is 11.5. The van der Waals surface area contributed by atoms with Crippen molar-refractivity contribution in [3.63, 3.8) is 0 Å². The molecule has 0 bridgehead atoms. The number of carbonyl (C=O) groups excluding carboxylic acids is 2. The minimum atomic E-state index is -0.845. The molecular formula is C11H21N3O4. The summed E-state index contributed by atoms with van der Waals surface area (Å²) in [6.07, 6.45) is 0.593. The highest BCUT2D eigenvalue weighted by atomic mass is 16.4. The predicted octanol–water partition coefficient (Wildman–Crippen LogP) is -0.125. The molecule has 0 aromatic carbocycles. The minimum Gasteiger partial charge on any atom is -0.481 e. The number of hydrogen-bond acceptors (Lipinski definition) is 3. The van der Waals surface area contributed by atoms with Crippen molar-refractivity contribution in [2.45, 2.75) is 19.8 Å². The van der Waals surface area contributed by atoms with Crippen LogP contribution in [0.4, 0.5) is 4.79 Å². The topological polar surface area (TPSA) is 98.7 Å². The largest absolute Gasteiger partial charge is 0.481 e. The van der Waals surface area contributed by atoms with Crippen molar-refractivity contribution >= 4 is 17.9 Å². The molecule has 0 aromatic heterocycles. The highest BCUT2D eigenvalue weighted by Gasteiger charge is 2.09. The Morgan fingerprint density at radius 1 is 1.22 bits per heavy atom. The molecular weight excluding hydrogens is 238 g/mol. The van der Waals surface area contributed by atoms with Gasteiger partial charge in [-0.3, -0.25) is 9.59 Å². The molecule has 7 nitrogen and oxygen atoms in total. The van der Waals surface area contributed by atoms with Crippen LogP contribution in [0, 0.1) is 5.92 Å². The molecule has 1 atom stereocenters. The maximum atomic E-state index is 11.3. The van der Waals surface area contributed by atoms with Gasteiger partial charge in [-0.15, -0.1) is 0 Å². The van der Waals surface area contributed by atoms with E-state index < -0.39 is 12.0 Å². The van der Waals surface area contributed by atoms with Crippen molar-refractivity contribution in [2.75, 3.05) is 27.2 Å². The van der Waals surface area contributed by atoms with Crippen LogP contribution >= 0.6 is 0 Å². The Labute approximate surface area is 107 Å². The van der Waals surface area contributed by atoms with Crippen LogP contribution in [0.25, 0.3) is 0 Å². The number of nitrogens with zero attached hydrogens (tertiary/aromatic N) is 1. The van der Waals surface area contributed by atoms with E-state index in [-0.39, 0.29) is 24.8 Å². The highest BCUT2D eigenvalue weighted by Crippen LogP contribution is 2.03. The van der Waals surface area contributed by atoms with E-state index in [1.165, 1.54) is 4.90 Å². The van der Waals surface area contributed by atoms with Gasteiger partial charge < -0.3 is 20.6 Å². The number of carboxylic acid groups (broad SMARTS) is 1. The van der Waals surface area contributed by atoms with Crippen LogP contribution in [0.5, 0.6) is 0 Å². The summed E-state index contributed by atoms with van der Waals surface area (Å²) >= 11 is 0.